The SMILES string of the molecule is Cc1ccc(S(=O)(=O)N2CCC(C(=O)NC(C)c3ccc(N4CCCCC4)cc3)CC2)cc1. The molecule has 0 radical (unpaired) electrons. The quantitative estimate of drug-likeness (QED) is 0.686. The number of amides is 1. The van der Waals surface area contributed by atoms with Crippen LogP contribution in [-0.2, 0) is 14.8 Å². The van der Waals surface area contributed by atoms with Crippen LogP contribution in [-0.4, -0.2) is 44.8 Å². The minimum absolute atomic E-state index is 0.00925. The highest BCUT2D eigenvalue weighted by Gasteiger charge is 2.32. The molecule has 2 aliphatic heterocycles. The van der Waals surface area contributed by atoms with E-state index >= 15 is 0 Å². The van der Waals surface area contributed by atoms with Crippen molar-refractivity contribution in [3.8, 4) is 0 Å². The van der Waals surface area contributed by atoms with E-state index in [-0.39, 0.29) is 17.9 Å². The van der Waals surface area contributed by atoms with E-state index in [0.717, 1.165) is 24.2 Å². The Labute approximate surface area is 198 Å². The lowest BCUT2D eigenvalue weighted by Crippen LogP contribution is -2.43. The molecular formula is C26H35N3O3S. The summed E-state index contributed by atoms with van der Waals surface area (Å²) in [5.41, 5.74) is 3.36. The van der Waals surface area contributed by atoms with Gasteiger partial charge >= 0.3 is 0 Å². The van der Waals surface area contributed by atoms with Gasteiger partial charge in [-0.25, -0.2) is 8.42 Å². The van der Waals surface area contributed by atoms with Crippen molar-refractivity contribution in [2.45, 2.75) is 56.9 Å². The molecule has 178 valence electrons. The first-order valence-corrected chi connectivity index (χ1v) is 13.5. The van der Waals surface area contributed by atoms with Gasteiger partial charge in [-0.15, -0.1) is 0 Å². The van der Waals surface area contributed by atoms with Crippen LogP contribution in [0.1, 0.15) is 56.2 Å². The second-order valence-electron chi connectivity index (χ2n) is 9.36. The molecule has 0 aliphatic carbocycles. The molecule has 2 fully saturated rings. The van der Waals surface area contributed by atoms with Crippen LogP contribution in [0.25, 0.3) is 0 Å². The Morgan fingerprint density at radius 3 is 2.12 bits per heavy atom. The van der Waals surface area contributed by atoms with Crippen LogP contribution in [0.5, 0.6) is 0 Å². The van der Waals surface area contributed by atoms with E-state index in [4.69, 9.17) is 0 Å². The highest BCUT2D eigenvalue weighted by molar-refractivity contribution is 7.89. The van der Waals surface area contributed by atoms with Gasteiger partial charge in [0.15, 0.2) is 0 Å². The molecule has 1 N–H and O–H groups in total. The van der Waals surface area contributed by atoms with E-state index in [9.17, 15) is 13.2 Å². The molecule has 4 rings (SSSR count). The topological polar surface area (TPSA) is 69.7 Å². The predicted octanol–water partition coefficient (Wildman–Crippen LogP) is 4.26. The molecule has 33 heavy (non-hydrogen) atoms. The van der Waals surface area contributed by atoms with Crippen molar-refractivity contribution in [3.05, 3.63) is 59.7 Å². The van der Waals surface area contributed by atoms with Crippen LogP contribution >= 0.6 is 0 Å². The summed E-state index contributed by atoms with van der Waals surface area (Å²) in [7, 11) is -3.51. The van der Waals surface area contributed by atoms with Gasteiger partial charge in [-0.05, 0) is 75.8 Å². The third-order valence-corrected chi connectivity index (χ3v) is 8.87. The first kappa shape index (κ1) is 23.8. The van der Waals surface area contributed by atoms with E-state index in [1.807, 2.05) is 26.0 Å². The Morgan fingerprint density at radius 2 is 1.52 bits per heavy atom. The largest absolute Gasteiger partial charge is 0.372 e. The summed E-state index contributed by atoms with van der Waals surface area (Å²) in [6, 6.07) is 15.4. The molecule has 0 bridgehead atoms. The number of benzene rings is 2. The van der Waals surface area contributed by atoms with Crippen molar-refractivity contribution >= 4 is 21.6 Å². The number of nitrogens with one attached hydrogen (secondary N) is 1. The van der Waals surface area contributed by atoms with Crippen molar-refractivity contribution in [1.29, 1.82) is 0 Å². The third kappa shape index (κ3) is 5.58. The summed E-state index contributed by atoms with van der Waals surface area (Å²) in [5.74, 6) is -0.153. The average molecular weight is 470 g/mol. The van der Waals surface area contributed by atoms with E-state index in [1.165, 1.54) is 29.3 Å². The normalized spacial score (nSPS) is 19.3. The Hall–Kier alpha value is -2.38. The maximum absolute atomic E-state index is 12.9. The molecule has 1 unspecified atom stereocenters. The van der Waals surface area contributed by atoms with Gasteiger partial charge in [0.25, 0.3) is 0 Å². The van der Waals surface area contributed by atoms with Gasteiger partial charge < -0.3 is 10.2 Å². The molecule has 0 saturated carbocycles. The minimum atomic E-state index is -3.51. The lowest BCUT2D eigenvalue weighted by Gasteiger charge is -2.31. The molecule has 1 amide bonds. The van der Waals surface area contributed by atoms with Crippen LogP contribution in [0.4, 0.5) is 5.69 Å². The molecule has 2 heterocycles. The summed E-state index contributed by atoms with van der Waals surface area (Å²) in [6.45, 7) is 6.91. The van der Waals surface area contributed by atoms with Gasteiger partial charge in [0.1, 0.15) is 0 Å². The van der Waals surface area contributed by atoms with Crippen molar-refractivity contribution in [2.24, 2.45) is 5.92 Å². The zero-order valence-corrected chi connectivity index (χ0v) is 20.5. The van der Waals surface area contributed by atoms with Gasteiger partial charge in [-0.1, -0.05) is 29.8 Å². The van der Waals surface area contributed by atoms with Crippen LogP contribution < -0.4 is 10.2 Å². The average Bonchev–Trinajstić information content (AvgIpc) is 2.85. The molecule has 2 aromatic rings. The van der Waals surface area contributed by atoms with Crippen LogP contribution in [0, 0.1) is 12.8 Å². The first-order valence-electron chi connectivity index (χ1n) is 12.1. The Bertz CT molecular complexity index is 1040. The molecule has 6 nitrogen and oxygen atoms in total. The molecular weight excluding hydrogens is 434 g/mol. The van der Waals surface area contributed by atoms with Crippen LogP contribution in [0.2, 0.25) is 0 Å². The van der Waals surface area contributed by atoms with Crippen molar-refractivity contribution < 1.29 is 13.2 Å². The van der Waals surface area contributed by atoms with E-state index in [1.54, 1.807) is 12.1 Å². The number of aryl methyl sites for hydroxylation is 1. The summed E-state index contributed by atoms with van der Waals surface area (Å²) < 4.78 is 27.3. The summed E-state index contributed by atoms with van der Waals surface area (Å²) in [6.07, 6.45) is 4.89. The lowest BCUT2D eigenvalue weighted by molar-refractivity contribution is -0.126. The Morgan fingerprint density at radius 1 is 0.909 bits per heavy atom. The van der Waals surface area contributed by atoms with Gasteiger partial charge in [0.05, 0.1) is 10.9 Å². The van der Waals surface area contributed by atoms with E-state index in [2.05, 4.69) is 34.5 Å². The first-order chi connectivity index (χ1) is 15.8. The van der Waals surface area contributed by atoms with Crippen LogP contribution in [0.15, 0.2) is 53.4 Å². The smallest absolute Gasteiger partial charge is 0.243 e. The molecule has 0 aromatic heterocycles. The summed E-state index contributed by atoms with van der Waals surface area (Å²) in [4.78, 5) is 15.6. The maximum Gasteiger partial charge on any atom is 0.243 e. The van der Waals surface area contributed by atoms with Crippen molar-refractivity contribution in [3.63, 3.8) is 0 Å². The van der Waals surface area contributed by atoms with Gasteiger partial charge in [-0.2, -0.15) is 4.31 Å². The standard InChI is InChI=1S/C26H35N3O3S/c1-20-6-12-25(13-7-20)33(31,32)29-18-14-23(15-19-29)26(30)27-21(2)22-8-10-24(11-9-22)28-16-4-3-5-17-28/h6-13,21,23H,3-5,14-19H2,1-2H3,(H,27,30). The summed E-state index contributed by atoms with van der Waals surface area (Å²) >= 11 is 0. The number of nitrogens with zero attached hydrogens (tertiary/aromatic N) is 2. The molecule has 7 heteroatoms. The number of carbonyl (C=O) groups excluding carboxylic acids is 1. The predicted molar refractivity (Wildman–Crippen MR) is 132 cm³/mol. The Balaban J connectivity index is 1.30. The number of anilines is 1. The minimum Gasteiger partial charge on any atom is -0.372 e. The molecule has 2 aromatic carbocycles. The van der Waals surface area contributed by atoms with Crippen LogP contribution in [0.3, 0.4) is 0 Å². The third-order valence-electron chi connectivity index (χ3n) is 6.96. The molecule has 2 saturated heterocycles. The van der Waals surface area contributed by atoms with Gasteiger partial charge in [0, 0.05) is 37.8 Å². The zero-order valence-electron chi connectivity index (χ0n) is 19.7. The maximum atomic E-state index is 12.9. The number of hydrogen-bond acceptors (Lipinski definition) is 4. The van der Waals surface area contributed by atoms with Gasteiger partial charge in [0.2, 0.25) is 15.9 Å². The molecule has 2 aliphatic rings. The van der Waals surface area contributed by atoms with Crippen molar-refractivity contribution in [1.82, 2.24) is 9.62 Å². The fraction of sp³-hybridized carbons (Fsp3) is 0.500. The highest BCUT2D eigenvalue weighted by atomic mass is 32.2. The second kappa shape index (κ2) is 10.3. The number of sulfonamides is 1. The zero-order chi connectivity index (χ0) is 23.4. The second-order valence-corrected chi connectivity index (χ2v) is 11.3. The number of rotatable bonds is 6. The van der Waals surface area contributed by atoms with E-state index in [0.29, 0.717) is 30.8 Å². The lowest BCUT2D eigenvalue weighted by atomic mass is 9.96. The fourth-order valence-electron chi connectivity index (χ4n) is 4.76. The number of piperidine rings is 2. The number of hydrogen-bond donors (Lipinski definition) is 1. The molecule has 1 atom stereocenters. The molecule has 0 spiro atoms. The van der Waals surface area contributed by atoms with Gasteiger partial charge in [-0.3, -0.25) is 4.79 Å². The highest BCUT2D eigenvalue weighted by Crippen LogP contribution is 2.26. The van der Waals surface area contributed by atoms with Crippen molar-refractivity contribution in [2.75, 3.05) is 31.1 Å². The van der Waals surface area contributed by atoms with E-state index < -0.39 is 10.0 Å². The fourth-order valence-corrected chi connectivity index (χ4v) is 6.23. The monoisotopic (exact) mass is 469 g/mol. The number of carbonyl (C=O) groups is 1. The summed E-state index contributed by atoms with van der Waals surface area (Å²) in [5, 5.41) is 3.14. The Kier molecular flexibility index (Phi) is 7.39.